The Morgan fingerprint density at radius 2 is 0.758 bits per heavy atom. The molecule has 0 aromatic carbocycles. The van der Waals surface area contributed by atoms with Gasteiger partial charge in [-0.25, -0.2) is 0 Å². The Morgan fingerprint density at radius 3 is 0.939 bits per heavy atom. The average molecular weight is 483 g/mol. The quantitative estimate of drug-likeness (QED) is 0.182. The molecule has 0 amide bonds. The van der Waals surface area contributed by atoms with Gasteiger partial charge in [-0.05, 0) is 6.42 Å². The van der Waals surface area contributed by atoms with Crippen LogP contribution >= 0.6 is 0 Å². The van der Waals surface area contributed by atoms with Gasteiger partial charge in [0, 0.05) is 26.2 Å². The van der Waals surface area contributed by atoms with Gasteiger partial charge < -0.3 is 28.4 Å². The molecule has 0 spiro atoms. The van der Waals surface area contributed by atoms with Gasteiger partial charge in [-0.1, -0.05) is 48.5 Å². The summed E-state index contributed by atoms with van der Waals surface area (Å²) >= 11 is 0. The van der Waals surface area contributed by atoms with Gasteiger partial charge in [-0.2, -0.15) is 0 Å². The normalized spacial score (nSPS) is 9.64. The maximum atomic E-state index is 10.8. The Hall–Kier alpha value is -1.71. The fourth-order valence-corrected chi connectivity index (χ4v) is 2.03. The first-order valence-corrected chi connectivity index (χ1v) is 11.9. The monoisotopic (exact) mass is 482 g/mol. The minimum atomic E-state index is -0.428. The summed E-state index contributed by atoms with van der Waals surface area (Å²) < 4.78 is 31.4. The lowest BCUT2D eigenvalue weighted by Crippen LogP contribution is -2.38. The molecule has 0 fully saturated rings. The second-order valence-electron chi connectivity index (χ2n) is 6.03. The second-order valence-corrected chi connectivity index (χ2v) is 6.03. The molecule has 0 heterocycles. The van der Waals surface area contributed by atoms with Crippen LogP contribution in [0.5, 0.6) is 0 Å². The van der Waals surface area contributed by atoms with Gasteiger partial charge >= 0.3 is 17.9 Å². The zero-order valence-corrected chi connectivity index (χ0v) is 22.7. The lowest BCUT2D eigenvalue weighted by Gasteiger charge is -2.32. The Kier molecular flexibility index (Phi) is 35.4. The first-order chi connectivity index (χ1) is 15.8. The second kappa shape index (κ2) is 30.3. The minimum Gasteiger partial charge on any atom is -0.463 e. The predicted molar refractivity (Wildman–Crippen MR) is 129 cm³/mol. The number of esters is 3. The van der Waals surface area contributed by atoms with E-state index in [1.807, 2.05) is 48.5 Å². The number of ether oxygens (including phenoxy) is 6. The lowest BCUT2D eigenvalue weighted by atomic mass is 9.88. The molecule has 0 aromatic heterocycles. The number of carbonyl (C=O) groups excluding carboxylic acids is 3. The van der Waals surface area contributed by atoms with Crippen LogP contribution in [-0.4, -0.2) is 77.4 Å². The molecular formula is C24H50O9. The van der Waals surface area contributed by atoms with Crippen LogP contribution in [0.1, 0.15) is 75.7 Å². The van der Waals surface area contributed by atoms with E-state index < -0.39 is 5.41 Å². The third kappa shape index (κ3) is 30.3. The molecule has 0 saturated carbocycles. The molecule has 9 heteroatoms. The van der Waals surface area contributed by atoms with Crippen LogP contribution in [0.15, 0.2) is 0 Å². The molecule has 9 nitrogen and oxygen atoms in total. The summed E-state index contributed by atoms with van der Waals surface area (Å²) in [4.78, 5) is 32.3. The fraction of sp³-hybridized carbons (Fsp3) is 0.875. The summed E-state index contributed by atoms with van der Waals surface area (Å²) in [6, 6.07) is 0. The van der Waals surface area contributed by atoms with Crippen molar-refractivity contribution in [2.45, 2.75) is 75.7 Å². The topological polar surface area (TPSA) is 107 Å². The number of rotatable bonds is 16. The lowest BCUT2D eigenvalue weighted by molar-refractivity contribution is -0.144. The Balaban J connectivity index is -0.000000642. The van der Waals surface area contributed by atoms with Crippen molar-refractivity contribution in [1.29, 1.82) is 0 Å². The highest BCUT2D eigenvalue weighted by Crippen LogP contribution is 2.24. The van der Waals surface area contributed by atoms with Crippen molar-refractivity contribution in [3.05, 3.63) is 0 Å². The number of hydrogen-bond donors (Lipinski definition) is 0. The largest absolute Gasteiger partial charge is 0.463 e. The van der Waals surface area contributed by atoms with E-state index >= 15 is 0 Å². The Labute approximate surface area is 201 Å². The van der Waals surface area contributed by atoms with Crippen molar-refractivity contribution in [2.24, 2.45) is 5.41 Å². The summed E-state index contributed by atoms with van der Waals surface area (Å²) in [6.07, 6.45) is 0.710. The highest BCUT2D eigenvalue weighted by atomic mass is 16.6. The molecule has 0 unspecified atom stereocenters. The summed E-state index contributed by atoms with van der Waals surface area (Å²) in [5, 5.41) is 0. The van der Waals surface area contributed by atoms with Crippen molar-refractivity contribution in [3.63, 3.8) is 0 Å². The maximum absolute atomic E-state index is 10.8. The van der Waals surface area contributed by atoms with Crippen LogP contribution in [0, 0.1) is 5.41 Å². The van der Waals surface area contributed by atoms with Gasteiger partial charge in [0.25, 0.3) is 0 Å². The van der Waals surface area contributed by atoms with Crippen LogP contribution in [0.3, 0.4) is 0 Å². The van der Waals surface area contributed by atoms with E-state index in [1.54, 1.807) is 0 Å². The van der Waals surface area contributed by atoms with Crippen LogP contribution in [0.25, 0.3) is 0 Å². The summed E-state index contributed by atoms with van der Waals surface area (Å²) in [5.74, 6) is -1.08. The number of carbonyl (C=O) groups is 3. The molecule has 0 aliphatic heterocycles. The molecule has 0 atom stereocenters. The zero-order chi connectivity index (χ0) is 26.5. The average Bonchev–Trinajstić information content (AvgIpc) is 2.81. The van der Waals surface area contributed by atoms with Crippen molar-refractivity contribution in [1.82, 2.24) is 0 Å². The number of hydrogen-bond acceptors (Lipinski definition) is 9. The molecule has 33 heavy (non-hydrogen) atoms. The molecular weight excluding hydrogens is 432 g/mol. The van der Waals surface area contributed by atoms with Crippen LogP contribution in [0.4, 0.5) is 0 Å². The summed E-state index contributed by atoms with van der Waals surface area (Å²) in [7, 11) is 0. The van der Waals surface area contributed by atoms with Crippen molar-refractivity contribution in [2.75, 3.05) is 59.5 Å². The van der Waals surface area contributed by atoms with E-state index in [1.165, 1.54) is 20.8 Å². The zero-order valence-electron chi connectivity index (χ0n) is 22.7. The van der Waals surface area contributed by atoms with E-state index in [0.717, 1.165) is 0 Å². The maximum Gasteiger partial charge on any atom is 0.302 e. The summed E-state index contributed by atoms with van der Waals surface area (Å²) in [6.45, 7) is 20.3. The third-order valence-electron chi connectivity index (χ3n) is 3.57. The minimum absolute atomic E-state index is 0.176. The smallest absolute Gasteiger partial charge is 0.302 e. The summed E-state index contributed by atoms with van der Waals surface area (Å²) in [5.41, 5.74) is -0.428. The molecule has 0 bridgehead atoms. The van der Waals surface area contributed by atoms with Crippen LogP contribution < -0.4 is 0 Å². The highest BCUT2D eigenvalue weighted by molar-refractivity contribution is 5.66. The van der Waals surface area contributed by atoms with Gasteiger partial charge in [-0.15, -0.1) is 0 Å². The first-order valence-electron chi connectivity index (χ1n) is 11.9. The predicted octanol–water partition coefficient (Wildman–Crippen LogP) is 4.20. The van der Waals surface area contributed by atoms with Gasteiger partial charge in [0.15, 0.2) is 0 Å². The molecule has 200 valence electrons. The van der Waals surface area contributed by atoms with Crippen LogP contribution in [-0.2, 0) is 42.8 Å². The van der Waals surface area contributed by atoms with Crippen molar-refractivity contribution >= 4 is 17.9 Å². The van der Waals surface area contributed by atoms with E-state index in [0.29, 0.717) is 26.2 Å². The van der Waals surface area contributed by atoms with Gasteiger partial charge in [-0.3, -0.25) is 14.4 Å². The van der Waals surface area contributed by atoms with E-state index in [2.05, 4.69) is 0 Å². The molecule has 0 N–H and O–H groups in total. The van der Waals surface area contributed by atoms with Gasteiger partial charge in [0.05, 0.1) is 39.6 Å². The Morgan fingerprint density at radius 1 is 0.515 bits per heavy atom. The fourth-order valence-electron chi connectivity index (χ4n) is 2.03. The van der Waals surface area contributed by atoms with Crippen molar-refractivity contribution < 1.29 is 42.8 Å². The molecule has 0 aliphatic rings. The van der Waals surface area contributed by atoms with Gasteiger partial charge in [0.1, 0.15) is 19.8 Å². The molecule has 0 rings (SSSR count). The van der Waals surface area contributed by atoms with Crippen LogP contribution in [0.2, 0.25) is 0 Å². The molecule has 0 aromatic rings. The SMILES string of the molecule is CC.CC.CC.CCC(COCCOC(C)=O)(COCCOC(C)=O)COCCOC(C)=O. The molecule has 0 saturated heterocycles. The molecule has 0 aliphatic carbocycles. The van der Waals surface area contributed by atoms with E-state index in [9.17, 15) is 14.4 Å². The first kappa shape index (κ1) is 38.5. The van der Waals surface area contributed by atoms with E-state index in [-0.39, 0.29) is 57.5 Å². The third-order valence-corrected chi connectivity index (χ3v) is 3.57. The van der Waals surface area contributed by atoms with Gasteiger partial charge in [0.2, 0.25) is 0 Å². The Bertz CT molecular complexity index is 380. The van der Waals surface area contributed by atoms with E-state index in [4.69, 9.17) is 28.4 Å². The highest BCUT2D eigenvalue weighted by Gasteiger charge is 2.30. The van der Waals surface area contributed by atoms with Crippen molar-refractivity contribution in [3.8, 4) is 0 Å². The molecule has 0 radical (unpaired) electrons. The standard InChI is InChI=1S/C18H32O9.3C2H6/c1-5-18(12-22-6-9-25-15(2)19,13-23-7-10-26-16(3)20)14-24-8-11-27-17(4)21;3*1-2/h5-14H2,1-4H3;3*1-2H3.